The molecule has 1 fully saturated rings. The van der Waals surface area contributed by atoms with E-state index in [0.717, 1.165) is 0 Å². The van der Waals surface area contributed by atoms with E-state index in [-0.39, 0.29) is 0 Å². The second-order valence-corrected chi connectivity index (χ2v) is 3.30. The minimum atomic E-state index is -1.57. The molecule has 0 unspecified atom stereocenters. The van der Waals surface area contributed by atoms with Gasteiger partial charge in [0.1, 0.15) is 24.4 Å². The van der Waals surface area contributed by atoms with E-state index in [1.54, 1.807) is 0 Å². The fourth-order valence-corrected chi connectivity index (χ4v) is 1.36. The zero-order chi connectivity index (χ0) is 10.9. The lowest BCUT2D eigenvalue weighted by molar-refractivity contribution is -0.272. The topological polar surface area (TPSA) is 136 Å². The van der Waals surface area contributed by atoms with Gasteiger partial charge in [-0.3, -0.25) is 0 Å². The number of rotatable bonds is 2. The quantitative estimate of drug-likeness (QED) is 0.273. The van der Waals surface area contributed by atoms with Crippen molar-refractivity contribution in [2.75, 3.05) is 6.61 Å². The predicted octanol–water partition coefficient (Wildman–Crippen LogP) is -3.89. The number of aliphatic hydroxyl groups is 5. The molecule has 0 radical (unpaired) electrons. The maximum Gasteiger partial charge on any atom is 0.183 e. The van der Waals surface area contributed by atoms with Gasteiger partial charge in [0.05, 0.1) is 12.6 Å². The molecule has 1 rings (SSSR count). The summed E-state index contributed by atoms with van der Waals surface area (Å²) in [5, 5.41) is 45.6. The standard InChI is InChI=1S/C7H15NO6/c8-3-4(11)6(2(10)1-9)14-7(13)5(3)12/h2-7,9-13H,1,8H2/t2-,3+,4+,5+,6+,7-/m1/s1. The maximum absolute atomic E-state index is 9.43. The molecule has 1 saturated heterocycles. The third-order valence-corrected chi connectivity index (χ3v) is 2.28. The zero-order valence-corrected chi connectivity index (χ0v) is 7.39. The van der Waals surface area contributed by atoms with Crippen LogP contribution in [0.15, 0.2) is 0 Å². The maximum atomic E-state index is 9.43. The first-order valence-corrected chi connectivity index (χ1v) is 4.23. The number of nitrogens with two attached hydrogens (primary N) is 1. The molecular formula is C7H15NO6. The SMILES string of the molecule is N[C@H]1[C@H](O)[C@H]([C@H](O)CO)O[C@@H](O)[C@H]1O. The van der Waals surface area contributed by atoms with E-state index >= 15 is 0 Å². The Hall–Kier alpha value is -0.280. The smallest absolute Gasteiger partial charge is 0.183 e. The van der Waals surface area contributed by atoms with Gasteiger partial charge in [0.2, 0.25) is 0 Å². The highest BCUT2D eigenvalue weighted by Crippen LogP contribution is 2.20. The van der Waals surface area contributed by atoms with Crippen molar-refractivity contribution in [2.24, 2.45) is 5.73 Å². The Labute approximate surface area is 80.3 Å². The fourth-order valence-electron chi connectivity index (χ4n) is 1.36. The number of hydrogen-bond donors (Lipinski definition) is 6. The van der Waals surface area contributed by atoms with Gasteiger partial charge in [-0.1, -0.05) is 0 Å². The molecule has 0 bridgehead atoms. The average molecular weight is 209 g/mol. The van der Waals surface area contributed by atoms with Gasteiger partial charge in [-0.05, 0) is 0 Å². The van der Waals surface area contributed by atoms with E-state index in [0.29, 0.717) is 0 Å². The summed E-state index contributed by atoms with van der Waals surface area (Å²) in [6.45, 7) is -0.628. The average Bonchev–Trinajstić information content (AvgIpc) is 2.19. The third kappa shape index (κ3) is 2.04. The summed E-state index contributed by atoms with van der Waals surface area (Å²) in [5.41, 5.74) is 5.36. The zero-order valence-electron chi connectivity index (χ0n) is 7.39. The van der Waals surface area contributed by atoms with Crippen LogP contribution in [0.3, 0.4) is 0 Å². The van der Waals surface area contributed by atoms with Crippen LogP contribution in [0, 0.1) is 0 Å². The van der Waals surface area contributed by atoms with Gasteiger partial charge in [0.25, 0.3) is 0 Å². The van der Waals surface area contributed by atoms with Crippen molar-refractivity contribution in [1.29, 1.82) is 0 Å². The molecule has 1 heterocycles. The Morgan fingerprint density at radius 3 is 2.29 bits per heavy atom. The van der Waals surface area contributed by atoms with E-state index in [2.05, 4.69) is 0 Å². The van der Waals surface area contributed by atoms with Crippen molar-refractivity contribution in [3.63, 3.8) is 0 Å². The monoisotopic (exact) mass is 209 g/mol. The first-order valence-electron chi connectivity index (χ1n) is 4.23. The molecule has 7 N–H and O–H groups in total. The van der Waals surface area contributed by atoms with Gasteiger partial charge in [-0.15, -0.1) is 0 Å². The lowest BCUT2D eigenvalue weighted by atomic mass is 9.94. The molecule has 0 spiro atoms. The largest absolute Gasteiger partial charge is 0.394 e. The van der Waals surface area contributed by atoms with Crippen LogP contribution in [0.4, 0.5) is 0 Å². The van der Waals surface area contributed by atoms with Crippen molar-refractivity contribution in [3.8, 4) is 0 Å². The van der Waals surface area contributed by atoms with Gasteiger partial charge in [-0.2, -0.15) is 0 Å². The Balaban J connectivity index is 2.70. The minimum absolute atomic E-state index is 0.628. The van der Waals surface area contributed by atoms with Crippen LogP contribution >= 0.6 is 0 Å². The second kappa shape index (κ2) is 4.49. The van der Waals surface area contributed by atoms with Crippen LogP contribution in [0.25, 0.3) is 0 Å². The fraction of sp³-hybridized carbons (Fsp3) is 1.00. The van der Waals surface area contributed by atoms with Crippen molar-refractivity contribution in [2.45, 2.75) is 36.7 Å². The summed E-state index contributed by atoms with van der Waals surface area (Å²) in [4.78, 5) is 0. The number of aliphatic hydroxyl groups excluding tert-OH is 5. The molecule has 0 aromatic carbocycles. The van der Waals surface area contributed by atoms with E-state index in [4.69, 9.17) is 20.7 Å². The second-order valence-electron chi connectivity index (χ2n) is 3.30. The van der Waals surface area contributed by atoms with Crippen molar-refractivity contribution < 1.29 is 30.3 Å². The highest BCUT2D eigenvalue weighted by Gasteiger charge is 2.44. The van der Waals surface area contributed by atoms with Gasteiger partial charge in [-0.25, -0.2) is 0 Å². The highest BCUT2D eigenvalue weighted by molar-refractivity contribution is 4.94. The van der Waals surface area contributed by atoms with Crippen molar-refractivity contribution in [3.05, 3.63) is 0 Å². The Kier molecular flexibility index (Phi) is 3.78. The van der Waals surface area contributed by atoms with Crippen LogP contribution in [0.5, 0.6) is 0 Å². The van der Waals surface area contributed by atoms with Gasteiger partial charge < -0.3 is 36.0 Å². The number of ether oxygens (including phenoxy) is 1. The number of hydrogen-bond acceptors (Lipinski definition) is 7. The third-order valence-electron chi connectivity index (χ3n) is 2.28. The van der Waals surface area contributed by atoms with Crippen LogP contribution in [-0.4, -0.2) is 68.9 Å². The van der Waals surface area contributed by atoms with E-state index in [1.165, 1.54) is 0 Å². The first kappa shape index (κ1) is 11.8. The lowest BCUT2D eigenvalue weighted by Crippen LogP contribution is -2.64. The Morgan fingerprint density at radius 2 is 1.79 bits per heavy atom. The molecule has 7 heteroatoms. The van der Waals surface area contributed by atoms with Crippen LogP contribution in [0.2, 0.25) is 0 Å². The summed E-state index contributed by atoms with van der Waals surface area (Å²) < 4.78 is 4.70. The molecule has 0 aromatic heterocycles. The molecule has 0 amide bonds. The molecule has 0 aliphatic carbocycles. The van der Waals surface area contributed by atoms with E-state index in [9.17, 15) is 15.3 Å². The van der Waals surface area contributed by atoms with Gasteiger partial charge >= 0.3 is 0 Å². The summed E-state index contributed by atoms with van der Waals surface area (Å²) in [5.74, 6) is 0. The van der Waals surface area contributed by atoms with Crippen molar-refractivity contribution >= 4 is 0 Å². The molecule has 14 heavy (non-hydrogen) atoms. The normalized spacial score (nSPS) is 46.3. The highest BCUT2D eigenvalue weighted by atomic mass is 16.6. The Morgan fingerprint density at radius 1 is 1.21 bits per heavy atom. The molecule has 1 aliphatic rings. The Bertz CT molecular complexity index is 191. The molecule has 0 aromatic rings. The van der Waals surface area contributed by atoms with Crippen LogP contribution in [-0.2, 0) is 4.74 Å². The summed E-state index contributed by atoms with van der Waals surface area (Å²) in [7, 11) is 0. The van der Waals surface area contributed by atoms with Crippen molar-refractivity contribution in [1.82, 2.24) is 0 Å². The molecule has 84 valence electrons. The summed E-state index contributed by atoms with van der Waals surface area (Å²) >= 11 is 0. The van der Waals surface area contributed by atoms with Gasteiger partial charge in [0.15, 0.2) is 6.29 Å². The van der Waals surface area contributed by atoms with Gasteiger partial charge in [0, 0.05) is 0 Å². The summed E-state index contributed by atoms with van der Waals surface area (Å²) in [6.07, 6.45) is -6.87. The predicted molar refractivity (Wildman–Crippen MR) is 44.0 cm³/mol. The van der Waals surface area contributed by atoms with E-state index in [1.807, 2.05) is 0 Å². The summed E-state index contributed by atoms with van der Waals surface area (Å²) in [6, 6.07) is -1.12. The minimum Gasteiger partial charge on any atom is -0.394 e. The first-order chi connectivity index (χ1) is 6.49. The molecule has 7 nitrogen and oxygen atoms in total. The van der Waals surface area contributed by atoms with Crippen LogP contribution < -0.4 is 5.73 Å². The molecule has 0 saturated carbocycles. The molecule has 1 aliphatic heterocycles. The molecular weight excluding hydrogens is 194 g/mol. The van der Waals surface area contributed by atoms with Crippen LogP contribution in [0.1, 0.15) is 0 Å². The lowest BCUT2D eigenvalue weighted by Gasteiger charge is -2.40. The molecule has 6 atom stereocenters. The van der Waals surface area contributed by atoms with E-state index < -0.39 is 43.4 Å².